The zero-order valence-corrected chi connectivity index (χ0v) is 41.2. The molecule has 0 N–H and O–H groups in total. The van der Waals surface area contributed by atoms with Crippen LogP contribution in [0.4, 0.5) is 17.1 Å². The second kappa shape index (κ2) is 16.4. The smallest absolute Gasteiger partial charge is 0.0726 e. The summed E-state index contributed by atoms with van der Waals surface area (Å²) in [5.74, 6) is 0. The lowest BCUT2D eigenvalue weighted by Crippen LogP contribution is -2.28. The first kappa shape index (κ1) is 37.9. The Morgan fingerprint density at radius 2 is 0.750 bits per heavy atom. The fourth-order valence-electron chi connectivity index (χ4n) is 13.8. The van der Waals surface area contributed by atoms with Crippen LogP contribution >= 0.6 is 0 Å². The highest BCUT2D eigenvalue weighted by molar-refractivity contribution is 6.11. The standard InChI is InChI=1S/C74H48N2/c1-4-20-51(21-5-1)73(65-31-15-10-26-57(65)58-27-11-16-32-66(58)73)52-39-45-72-64(47-52)63-46-50(38-44-71(63)76(72)54-24-8-3-9-25-54)49-36-40-55(41-37-49)75(53-22-6-2-7-23-53)56-42-43-62-61-30-14-19-35-69(61)74(70(62)48-56)67-33-17-12-28-59(67)60-29-13-18-34-68(60)74/h1-48H/i2D,6D,7D,22D,23D. The maximum atomic E-state index is 9.45. The maximum absolute atomic E-state index is 9.45. The van der Waals surface area contributed by atoms with Gasteiger partial charge >= 0.3 is 0 Å². The minimum absolute atomic E-state index is 0.0808. The third-order valence-electron chi connectivity index (χ3n) is 16.8. The highest BCUT2D eigenvalue weighted by atomic mass is 15.1. The first-order chi connectivity index (χ1) is 39.8. The number of hydrogen-bond donors (Lipinski definition) is 0. The molecule has 0 aliphatic heterocycles. The number of rotatable bonds is 7. The van der Waals surface area contributed by atoms with Gasteiger partial charge < -0.3 is 9.47 Å². The summed E-state index contributed by atoms with van der Waals surface area (Å²) >= 11 is 0. The number of nitrogens with zero attached hydrogens (tertiary/aromatic N) is 2. The van der Waals surface area contributed by atoms with Gasteiger partial charge in [0.25, 0.3) is 0 Å². The van der Waals surface area contributed by atoms with Gasteiger partial charge in [-0.1, -0.05) is 218 Å². The highest BCUT2D eigenvalue weighted by Crippen LogP contribution is 2.63. The van der Waals surface area contributed by atoms with Gasteiger partial charge in [-0.2, -0.15) is 0 Å². The van der Waals surface area contributed by atoms with E-state index in [1.807, 2.05) is 23.1 Å². The van der Waals surface area contributed by atoms with Gasteiger partial charge in [0.05, 0.1) is 28.7 Å². The Balaban J connectivity index is 0.882. The third-order valence-corrected chi connectivity index (χ3v) is 16.8. The van der Waals surface area contributed by atoms with E-state index < -0.39 is 29.0 Å². The Morgan fingerprint density at radius 1 is 0.303 bits per heavy atom. The average Bonchev–Trinajstić information content (AvgIpc) is 4.35. The molecule has 354 valence electrons. The van der Waals surface area contributed by atoms with Crippen molar-refractivity contribution >= 4 is 38.9 Å². The second-order valence-electron chi connectivity index (χ2n) is 20.3. The van der Waals surface area contributed by atoms with Crippen LogP contribution in [0.25, 0.3) is 72.0 Å². The Kier molecular flexibility index (Phi) is 8.17. The molecule has 0 saturated heterocycles. The minimum Gasteiger partial charge on any atom is -0.310 e. The minimum atomic E-state index is -0.651. The fraction of sp³-hybridized carbons (Fsp3) is 0.0270. The summed E-state index contributed by atoms with van der Waals surface area (Å²) in [6.45, 7) is 0. The number of anilines is 3. The summed E-state index contributed by atoms with van der Waals surface area (Å²) in [5.41, 5.74) is 22.2. The lowest BCUT2D eigenvalue weighted by atomic mass is 9.67. The number of para-hydroxylation sites is 2. The van der Waals surface area contributed by atoms with Gasteiger partial charge in [0.15, 0.2) is 0 Å². The third kappa shape index (κ3) is 5.81. The van der Waals surface area contributed by atoms with Crippen LogP contribution in [0.1, 0.15) is 51.4 Å². The van der Waals surface area contributed by atoms with Gasteiger partial charge in [0.1, 0.15) is 0 Å². The van der Waals surface area contributed by atoms with Gasteiger partial charge in [-0.05, 0) is 162 Å². The fourth-order valence-corrected chi connectivity index (χ4v) is 13.8. The predicted molar refractivity (Wildman–Crippen MR) is 315 cm³/mol. The molecule has 1 aromatic heterocycles. The molecule has 3 aliphatic carbocycles. The van der Waals surface area contributed by atoms with Crippen molar-refractivity contribution in [2.75, 3.05) is 4.90 Å². The van der Waals surface area contributed by atoms with Crippen molar-refractivity contribution in [1.82, 2.24) is 4.57 Å². The van der Waals surface area contributed by atoms with Crippen LogP contribution in [0, 0.1) is 0 Å². The quantitative estimate of drug-likeness (QED) is 0.155. The topological polar surface area (TPSA) is 8.17 Å². The monoisotopic (exact) mass is 969 g/mol. The molecule has 0 unspecified atom stereocenters. The summed E-state index contributed by atoms with van der Waals surface area (Å²) in [6.07, 6.45) is 0. The SMILES string of the molecule is [2H]c1c([2H])c([2H])c(N(c2ccc(-c3ccc4c(c3)c3cc(C5(c6ccccc6)c6ccccc6-c6ccccc65)ccc3n4-c3ccccc3)cc2)c2ccc3c(c2)C2(c4ccccc4-c4ccccc42)c2ccccc2-3)c([2H])c1[2H]. The van der Waals surface area contributed by atoms with Gasteiger partial charge in [0.2, 0.25) is 0 Å². The highest BCUT2D eigenvalue weighted by Gasteiger charge is 2.52. The molecule has 76 heavy (non-hydrogen) atoms. The molecule has 2 heteroatoms. The number of fused-ring (bicyclic) bond motifs is 16. The van der Waals surface area contributed by atoms with Crippen LogP contribution in [0.3, 0.4) is 0 Å². The predicted octanol–water partition coefficient (Wildman–Crippen LogP) is 18.6. The van der Waals surface area contributed by atoms with Crippen LogP contribution in [0.2, 0.25) is 0 Å². The summed E-state index contributed by atoms with van der Waals surface area (Å²) < 4.78 is 47.8. The molecule has 0 atom stereocenters. The van der Waals surface area contributed by atoms with Crippen LogP contribution in [0.5, 0.6) is 0 Å². The second-order valence-corrected chi connectivity index (χ2v) is 20.3. The molecule has 2 nitrogen and oxygen atoms in total. The zero-order valence-electron chi connectivity index (χ0n) is 46.2. The van der Waals surface area contributed by atoms with Gasteiger partial charge in [-0.3, -0.25) is 0 Å². The number of aromatic nitrogens is 1. The summed E-state index contributed by atoms with van der Waals surface area (Å²) in [4.78, 5) is 1.85. The van der Waals surface area contributed by atoms with Crippen LogP contribution < -0.4 is 4.90 Å². The molecule has 0 amide bonds. The largest absolute Gasteiger partial charge is 0.310 e. The molecule has 13 aromatic rings. The van der Waals surface area contributed by atoms with E-state index in [0.29, 0.717) is 11.4 Å². The first-order valence-electron chi connectivity index (χ1n) is 28.6. The molecular weight excluding hydrogens is 917 g/mol. The van der Waals surface area contributed by atoms with E-state index in [1.165, 1.54) is 61.2 Å². The van der Waals surface area contributed by atoms with Crippen LogP contribution in [-0.4, -0.2) is 4.57 Å². The van der Waals surface area contributed by atoms with Crippen molar-refractivity contribution in [3.05, 3.63) is 336 Å². The van der Waals surface area contributed by atoms with E-state index in [1.54, 1.807) is 0 Å². The molecule has 0 radical (unpaired) electrons. The van der Waals surface area contributed by atoms with Crippen molar-refractivity contribution in [1.29, 1.82) is 0 Å². The first-order valence-corrected chi connectivity index (χ1v) is 26.1. The van der Waals surface area contributed by atoms with Crippen molar-refractivity contribution in [2.24, 2.45) is 0 Å². The normalized spacial score (nSPS) is 14.7. The van der Waals surface area contributed by atoms with Crippen molar-refractivity contribution in [2.45, 2.75) is 10.8 Å². The Labute approximate surface area is 449 Å². The maximum Gasteiger partial charge on any atom is 0.0726 e. The molecule has 3 aliphatic rings. The number of benzene rings is 12. The van der Waals surface area contributed by atoms with Gasteiger partial charge in [-0.15, -0.1) is 0 Å². The summed E-state index contributed by atoms with van der Waals surface area (Å²) in [5, 5.41) is 2.25. The van der Waals surface area contributed by atoms with E-state index in [0.717, 1.165) is 55.3 Å². The Morgan fingerprint density at radius 3 is 1.32 bits per heavy atom. The summed E-state index contributed by atoms with van der Waals surface area (Å²) in [7, 11) is 0. The van der Waals surface area contributed by atoms with E-state index in [2.05, 4.69) is 247 Å². The van der Waals surface area contributed by atoms with Crippen LogP contribution in [-0.2, 0) is 10.8 Å². The van der Waals surface area contributed by atoms with E-state index in [9.17, 15) is 2.74 Å². The van der Waals surface area contributed by atoms with Gasteiger partial charge in [-0.25, -0.2) is 0 Å². The Hall–Kier alpha value is -9.76. The number of hydrogen-bond acceptors (Lipinski definition) is 1. The molecule has 0 saturated carbocycles. The molecule has 16 rings (SSSR count). The lowest BCUT2D eigenvalue weighted by Gasteiger charge is -2.34. The van der Waals surface area contributed by atoms with Crippen molar-refractivity contribution in [3.63, 3.8) is 0 Å². The zero-order chi connectivity index (χ0) is 54.3. The van der Waals surface area contributed by atoms with E-state index in [-0.39, 0.29) is 17.8 Å². The molecule has 12 aromatic carbocycles. The molecule has 0 fully saturated rings. The summed E-state index contributed by atoms with van der Waals surface area (Å²) in [6, 6.07) is 91.8. The molecular formula is C74H48N2. The Bertz CT molecular complexity index is 4640. The van der Waals surface area contributed by atoms with E-state index >= 15 is 0 Å². The lowest BCUT2D eigenvalue weighted by molar-refractivity contribution is 0.770. The molecule has 1 heterocycles. The average molecular weight is 970 g/mol. The van der Waals surface area contributed by atoms with Gasteiger partial charge in [0, 0.05) is 33.5 Å². The van der Waals surface area contributed by atoms with Crippen molar-refractivity contribution < 1.29 is 6.85 Å². The molecule has 1 spiro atoms. The van der Waals surface area contributed by atoms with E-state index in [4.69, 9.17) is 4.11 Å². The van der Waals surface area contributed by atoms with Crippen molar-refractivity contribution in [3.8, 4) is 50.2 Å². The molecule has 0 bridgehead atoms. The van der Waals surface area contributed by atoms with Crippen LogP contribution in [0.15, 0.2) is 291 Å².